The molecule has 3 nitrogen and oxygen atoms in total. The number of hydrogen-bond acceptors (Lipinski definition) is 3. The minimum absolute atomic E-state index is 0.808. The fraction of sp³-hybridized carbons (Fsp3) is 0.267. The molecule has 1 N–H and O–H groups in total. The predicted octanol–water partition coefficient (Wildman–Crippen LogP) is 2.44. The van der Waals surface area contributed by atoms with Crippen molar-refractivity contribution in [2.75, 3.05) is 19.0 Å². The number of nitrogens with zero attached hydrogens (tertiary/aromatic N) is 2. The molecule has 0 aliphatic heterocycles. The van der Waals surface area contributed by atoms with Crippen molar-refractivity contribution in [3.8, 4) is 0 Å². The van der Waals surface area contributed by atoms with Crippen LogP contribution in [-0.2, 0) is 13.1 Å². The highest BCUT2D eigenvalue weighted by molar-refractivity contribution is 5.45. The minimum atomic E-state index is 0.808. The van der Waals surface area contributed by atoms with Gasteiger partial charge in [-0.1, -0.05) is 24.3 Å². The zero-order chi connectivity index (χ0) is 12.8. The highest BCUT2D eigenvalue weighted by Crippen LogP contribution is 2.13. The molecule has 3 heteroatoms. The van der Waals surface area contributed by atoms with Gasteiger partial charge in [0.2, 0.25) is 0 Å². The number of pyridine rings is 1. The van der Waals surface area contributed by atoms with Crippen LogP contribution < -0.4 is 10.2 Å². The normalized spacial score (nSPS) is 10.3. The van der Waals surface area contributed by atoms with Crippen molar-refractivity contribution in [1.29, 1.82) is 0 Å². The molecule has 0 unspecified atom stereocenters. The first-order valence-electron chi connectivity index (χ1n) is 6.15. The Kier molecular flexibility index (Phi) is 4.31. The topological polar surface area (TPSA) is 28.2 Å². The van der Waals surface area contributed by atoms with E-state index in [1.54, 1.807) is 0 Å². The lowest BCUT2D eigenvalue weighted by Gasteiger charge is -2.19. The van der Waals surface area contributed by atoms with Crippen molar-refractivity contribution in [3.05, 3.63) is 59.9 Å². The molecule has 94 valence electrons. The van der Waals surface area contributed by atoms with Gasteiger partial charge in [0.15, 0.2) is 0 Å². The molecule has 1 aromatic heterocycles. The summed E-state index contributed by atoms with van der Waals surface area (Å²) in [7, 11) is 4.02. The molecule has 1 aromatic carbocycles. The molecule has 0 radical (unpaired) electrons. The van der Waals surface area contributed by atoms with Gasteiger partial charge >= 0.3 is 0 Å². The third kappa shape index (κ3) is 3.31. The number of para-hydroxylation sites is 1. The molecule has 2 rings (SSSR count). The Morgan fingerprint density at radius 2 is 1.72 bits per heavy atom. The molecule has 0 amide bonds. The minimum Gasteiger partial charge on any atom is -0.369 e. The monoisotopic (exact) mass is 241 g/mol. The maximum Gasteiger partial charge on any atom is 0.0600 e. The molecule has 0 spiro atoms. The van der Waals surface area contributed by atoms with Crippen LogP contribution >= 0.6 is 0 Å². The SMILES string of the molecule is CNCc1cccc(CN(C)c2ccccc2)n1. The highest BCUT2D eigenvalue weighted by atomic mass is 15.1. The molecule has 0 aliphatic carbocycles. The Balaban J connectivity index is 2.07. The summed E-state index contributed by atoms with van der Waals surface area (Å²) in [5.74, 6) is 0. The van der Waals surface area contributed by atoms with Crippen LogP contribution in [0.3, 0.4) is 0 Å². The van der Waals surface area contributed by atoms with Crippen molar-refractivity contribution in [1.82, 2.24) is 10.3 Å². The maximum absolute atomic E-state index is 4.62. The van der Waals surface area contributed by atoms with Crippen molar-refractivity contribution in [2.24, 2.45) is 0 Å². The maximum atomic E-state index is 4.62. The van der Waals surface area contributed by atoms with Gasteiger partial charge in [-0.05, 0) is 31.3 Å². The summed E-state index contributed by atoms with van der Waals surface area (Å²) in [5.41, 5.74) is 3.38. The Morgan fingerprint density at radius 1 is 1.00 bits per heavy atom. The van der Waals surface area contributed by atoms with Gasteiger partial charge in [0.25, 0.3) is 0 Å². The second-order valence-electron chi connectivity index (χ2n) is 4.34. The van der Waals surface area contributed by atoms with E-state index in [-0.39, 0.29) is 0 Å². The summed E-state index contributed by atoms with van der Waals surface area (Å²) >= 11 is 0. The molecular weight excluding hydrogens is 222 g/mol. The molecule has 0 fully saturated rings. The quantitative estimate of drug-likeness (QED) is 0.871. The van der Waals surface area contributed by atoms with Gasteiger partial charge in [-0.25, -0.2) is 0 Å². The van der Waals surface area contributed by atoms with E-state index < -0.39 is 0 Å². The van der Waals surface area contributed by atoms with Gasteiger partial charge in [0.1, 0.15) is 0 Å². The Bertz CT molecular complexity index is 482. The second kappa shape index (κ2) is 6.17. The van der Waals surface area contributed by atoms with E-state index in [2.05, 4.69) is 58.6 Å². The number of rotatable bonds is 5. The summed E-state index contributed by atoms with van der Waals surface area (Å²) in [6.45, 7) is 1.63. The molecule has 0 aliphatic rings. The van der Waals surface area contributed by atoms with E-state index in [0.717, 1.165) is 24.5 Å². The Labute approximate surface area is 108 Å². The number of anilines is 1. The zero-order valence-corrected chi connectivity index (χ0v) is 10.9. The fourth-order valence-corrected chi connectivity index (χ4v) is 1.91. The van der Waals surface area contributed by atoms with Crippen molar-refractivity contribution < 1.29 is 0 Å². The van der Waals surface area contributed by atoms with Crippen LogP contribution in [0.1, 0.15) is 11.4 Å². The van der Waals surface area contributed by atoms with Crippen LogP contribution in [0.15, 0.2) is 48.5 Å². The van der Waals surface area contributed by atoms with Crippen molar-refractivity contribution in [3.63, 3.8) is 0 Å². The van der Waals surface area contributed by atoms with Gasteiger partial charge in [-0.15, -0.1) is 0 Å². The first kappa shape index (κ1) is 12.6. The zero-order valence-electron chi connectivity index (χ0n) is 10.9. The molecule has 1 heterocycles. The largest absolute Gasteiger partial charge is 0.369 e. The smallest absolute Gasteiger partial charge is 0.0600 e. The standard InChI is InChI=1S/C15H19N3/c1-16-11-13-7-6-8-14(17-13)12-18(2)15-9-4-3-5-10-15/h3-10,16H,11-12H2,1-2H3. The number of nitrogens with one attached hydrogen (secondary N) is 1. The molecular formula is C15H19N3. The summed E-state index contributed by atoms with van der Waals surface area (Å²) in [6.07, 6.45) is 0. The van der Waals surface area contributed by atoms with Crippen LogP contribution in [0.2, 0.25) is 0 Å². The molecule has 0 saturated carbocycles. The average molecular weight is 241 g/mol. The van der Waals surface area contributed by atoms with Crippen molar-refractivity contribution in [2.45, 2.75) is 13.1 Å². The van der Waals surface area contributed by atoms with Gasteiger partial charge in [-0.2, -0.15) is 0 Å². The summed E-state index contributed by atoms with van der Waals surface area (Å²) in [4.78, 5) is 6.82. The van der Waals surface area contributed by atoms with E-state index in [9.17, 15) is 0 Å². The van der Waals surface area contributed by atoms with Crippen molar-refractivity contribution >= 4 is 5.69 Å². The second-order valence-corrected chi connectivity index (χ2v) is 4.34. The van der Waals surface area contributed by atoms with Gasteiger partial charge in [0, 0.05) is 19.3 Å². The van der Waals surface area contributed by atoms with E-state index in [0.29, 0.717) is 0 Å². The van der Waals surface area contributed by atoms with Crippen LogP contribution in [0, 0.1) is 0 Å². The third-order valence-electron chi connectivity index (χ3n) is 2.82. The summed E-state index contributed by atoms with van der Waals surface area (Å²) in [5, 5.41) is 3.12. The molecule has 0 saturated heterocycles. The van der Waals surface area contributed by atoms with Crippen LogP contribution in [0.4, 0.5) is 5.69 Å². The molecule has 18 heavy (non-hydrogen) atoms. The third-order valence-corrected chi connectivity index (χ3v) is 2.82. The lowest BCUT2D eigenvalue weighted by Crippen LogP contribution is -2.18. The molecule has 2 aromatic rings. The van der Waals surface area contributed by atoms with E-state index in [1.807, 2.05) is 19.2 Å². The van der Waals surface area contributed by atoms with E-state index >= 15 is 0 Å². The highest BCUT2D eigenvalue weighted by Gasteiger charge is 2.03. The number of benzene rings is 1. The summed E-state index contributed by atoms with van der Waals surface area (Å²) < 4.78 is 0. The fourth-order valence-electron chi connectivity index (χ4n) is 1.91. The molecule has 0 bridgehead atoms. The van der Waals surface area contributed by atoms with E-state index in [4.69, 9.17) is 0 Å². The molecule has 0 atom stereocenters. The van der Waals surface area contributed by atoms with Gasteiger partial charge < -0.3 is 10.2 Å². The van der Waals surface area contributed by atoms with Gasteiger partial charge in [0.05, 0.1) is 17.9 Å². The average Bonchev–Trinajstić information content (AvgIpc) is 2.40. The lowest BCUT2D eigenvalue weighted by atomic mass is 10.2. The Hall–Kier alpha value is -1.87. The van der Waals surface area contributed by atoms with Crippen LogP contribution in [0.5, 0.6) is 0 Å². The predicted molar refractivity (Wildman–Crippen MR) is 75.5 cm³/mol. The van der Waals surface area contributed by atoms with Gasteiger partial charge in [-0.3, -0.25) is 4.98 Å². The lowest BCUT2D eigenvalue weighted by molar-refractivity contribution is 0.774. The van der Waals surface area contributed by atoms with E-state index in [1.165, 1.54) is 5.69 Å². The Morgan fingerprint density at radius 3 is 2.44 bits per heavy atom. The first-order valence-corrected chi connectivity index (χ1v) is 6.15. The number of aromatic nitrogens is 1. The first-order chi connectivity index (χ1) is 8.79. The number of hydrogen-bond donors (Lipinski definition) is 1. The summed E-state index contributed by atoms with van der Waals surface area (Å²) in [6, 6.07) is 16.5. The van der Waals surface area contributed by atoms with Crippen LogP contribution in [0.25, 0.3) is 0 Å². The van der Waals surface area contributed by atoms with Crippen LogP contribution in [-0.4, -0.2) is 19.1 Å².